The molecule has 7 aliphatic rings. The molecular weight excluding hydrogens is 684 g/mol. The second-order valence-corrected chi connectivity index (χ2v) is 19.5. The first-order valence-electron chi connectivity index (χ1n) is 21.8. The van der Waals surface area contributed by atoms with Gasteiger partial charge in [-0.05, 0) is 106 Å². The highest BCUT2D eigenvalue weighted by atomic mass is 16.7. The van der Waals surface area contributed by atoms with Gasteiger partial charge in [0.15, 0.2) is 0 Å². The van der Waals surface area contributed by atoms with Gasteiger partial charge in [-0.1, -0.05) is 59.3 Å². The average Bonchev–Trinajstić information content (AvgIpc) is 3.52. The number of amides is 2. The molecule has 1 aliphatic heterocycles. The summed E-state index contributed by atoms with van der Waals surface area (Å²) in [6, 6.07) is -0.226. The summed E-state index contributed by atoms with van der Waals surface area (Å²) in [6.07, 6.45) is 14.7. The molecule has 2 amide bonds. The monoisotopic (exact) mass is 761 g/mol. The lowest BCUT2D eigenvalue weighted by Gasteiger charge is -2.62. The first kappa shape index (κ1) is 42.3. The summed E-state index contributed by atoms with van der Waals surface area (Å²) in [4.78, 5) is 36.9. The second-order valence-electron chi connectivity index (χ2n) is 19.5. The van der Waals surface area contributed by atoms with Crippen LogP contribution in [-0.4, -0.2) is 123 Å². The molecule has 7 fully saturated rings. The van der Waals surface area contributed by atoms with Crippen molar-refractivity contribution in [2.75, 3.05) is 54.7 Å². The van der Waals surface area contributed by atoms with E-state index in [4.69, 9.17) is 14.3 Å². The van der Waals surface area contributed by atoms with Crippen LogP contribution in [0.15, 0.2) is 0 Å². The summed E-state index contributed by atoms with van der Waals surface area (Å²) in [6.45, 7) is 7.56. The van der Waals surface area contributed by atoms with Gasteiger partial charge in [-0.25, -0.2) is 0 Å². The summed E-state index contributed by atoms with van der Waals surface area (Å²) in [5.74, 6) is 2.46. The third-order valence-corrected chi connectivity index (χ3v) is 16.0. The Bertz CT molecular complexity index is 1230. The number of ether oxygens (including phenoxy) is 2. The molecule has 310 valence electrons. The summed E-state index contributed by atoms with van der Waals surface area (Å²) >= 11 is 0. The van der Waals surface area contributed by atoms with Gasteiger partial charge in [0.05, 0.1) is 32.0 Å². The molecule has 4 N–H and O–H groups in total. The van der Waals surface area contributed by atoms with E-state index in [2.05, 4.69) is 50.4 Å². The predicted octanol–water partition coefficient (Wildman–Crippen LogP) is 4.64. The van der Waals surface area contributed by atoms with Crippen LogP contribution in [0.2, 0.25) is 0 Å². The van der Waals surface area contributed by atoms with Crippen LogP contribution in [-0.2, 0) is 23.9 Å². The maximum absolute atomic E-state index is 14.2. The van der Waals surface area contributed by atoms with Crippen LogP contribution >= 0.6 is 0 Å². The lowest BCUT2D eigenvalue weighted by atomic mass is 9.45. The number of carbonyl (C=O) groups excluding carboxylic acids is 2. The van der Waals surface area contributed by atoms with Crippen LogP contribution in [0.4, 0.5) is 0 Å². The molecular formula is C43H76N4O7. The van der Waals surface area contributed by atoms with Crippen LogP contribution in [0.25, 0.3) is 0 Å². The second kappa shape index (κ2) is 18.5. The predicted molar refractivity (Wildman–Crippen MR) is 209 cm³/mol. The largest absolute Gasteiger partial charge is 0.396 e. The van der Waals surface area contributed by atoms with E-state index >= 15 is 0 Å². The van der Waals surface area contributed by atoms with Crippen LogP contribution in [0, 0.1) is 58.7 Å². The number of hydrogen-bond donors (Lipinski definition) is 4. The van der Waals surface area contributed by atoms with Gasteiger partial charge in [0, 0.05) is 50.6 Å². The first-order valence-corrected chi connectivity index (χ1v) is 21.8. The van der Waals surface area contributed by atoms with Crippen LogP contribution < -0.4 is 10.6 Å². The molecule has 14 atom stereocenters. The summed E-state index contributed by atoms with van der Waals surface area (Å²) in [5.41, 5.74) is 0.321. The minimum absolute atomic E-state index is 0.0459. The molecule has 11 nitrogen and oxygen atoms in total. The first-order chi connectivity index (χ1) is 25.9. The number of rotatable bonds is 15. The van der Waals surface area contributed by atoms with Crippen molar-refractivity contribution in [3.8, 4) is 0 Å². The summed E-state index contributed by atoms with van der Waals surface area (Å²) < 4.78 is 12.0. The van der Waals surface area contributed by atoms with E-state index in [1.807, 2.05) is 7.11 Å². The Balaban J connectivity index is 1.13. The van der Waals surface area contributed by atoms with E-state index in [1.165, 1.54) is 38.5 Å². The quantitative estimate of drug-likeness (QED) is 0.189. The molecule has 0 aromatic heterocycles. The van der Waals surface area contributed by atoms with Gasteiger partial charge >= 0.3 is 0 Å². The van der Waals surface area contributed by atoms with Gasteiger partial charge in [0.25, 0.3) is 0 Å². The summed E-state index contributed by atoms with van der Waals surface area (Å²) in [7, 11) is 7.82. The van der Waals surface area contributed by atoms with Crippen molar-refractivity contribution in [3.63, 3.8) is 0 Å². The molecule has 11 heteroatoms. The molecule has 6 saturated carbocycles. The Morgan fingerprint density at radius 2 is 1.70 bits per heavy atom. The lowest BCUT2D eigenvalue weighted by molar-refractivity contribution is -0.193. The number of nitrogens with zero attached hydrogens (tertiary/aromatic N) is 2. The molecule has 7 rings (SSSR count). The Labute approximate surface area is 326 Å². The topological polar surface area (TPSA) is 133 Å². The van der Waals surface area contributed by atoms with Crippen LogP contribution in [0.3, 0.4) is 0 Å². The van der Waals surface area contributed by atoms with Crippen molar-refractivity contribution in [3.05, 3.63) is 0 Å². The van der Waals surface area contributed by atoms with E-state index in [9.17, 15) is 19.8 Å². The Hall–Kier alpha value is -1.34. The number of fused-ring (bicyclic) bond motifs is 2. The van der Waals surface area contributed by atoms with E-state index in [0.29, 0.717) is 54.2 Å². The van der Waals surface area contributed by atoms with Crippen LogP contribution in [0.5, 0.6) is 0 Å². The number of nitrogens with one attached hydrogen (secondary N) is 2. The maximum atomic E-state index is 14.2. The van der Waals surface area contributed by atoms with Gasteiger partial charge in [0.2, 0.25) is 11.8 Å². The molecule has 1 heterocycles. The van der Waals surface area contributed by atoms with Crippen molar-refractivity contribution >= 4 is 11.8 Å². The summed E-state index contributed by atoms with van der Waals surface area (Å²) in [5, 5.41) is 29.5. The fourth-order valence-electron chi connectivity index (χ4n) is 12.6. The normalized spacial score (nSPS) is 40.6. The Kier molecular flexibility index (Phi) is 14.5. The van der Waals surface area contributed by atoms with Crippen molar-refractivity contribution in [2.24, 2.45) is 58.7 Å². The third-order valence-electron chi connectivity index (χ3n) is 16.0. The molecule has 0 radical (unpaired) electrons. The number of hydrogen-bond acceptors (Lipinski definition) is 9. The molecule has 6 aliphatic carbocycles. The number of methoxy groups -OCH3 is 2. The molecule has 54 heavy (non-hydrogen) atoms. The van der Waals surface area contributed by atoms with Crippen molar-refractivity contribution < 1.29 is 34.1 Å². The van der Waals surface area contributed by atoms with E-state index in [-0.39, 0.29) is 61.0 Å². The van der Waals surface area contributed by atoms with Crippen molar-refractivity contribution in [1.29, 1.82) is 0 Å². The van der Waals surface area contributed by atoms with E-state index < -0.39 is 18.1 Å². The highest BCUT2D eigenvalue weighted by Crippen LogP contribution is 2.61. The minimum atomic E-state index is -0.682. The molecule has 1 saturated heterocycles. The Morgan fingerprint density at radius 1 is 0.944 bits per heavy atom. The molecule has 0 aromatic rings. The van der Waals surface area contributed by atoms with Crippen molar-refractivity contribution in [2.45, 2.75) is 147 Å². The lowest BCUT2D eigenvalue weighted by Crippen LogP contribution is -2.62. The number of aliphatic hydroxyl groups is 2. The standard InChI is InChI=1S/C43H76N4O7/c1-26-36-20-31(43(36,2)3)21-37(26)45-42(51)39-35(23-48)38(24-49)54-47(39)22-28-14-11-15-34(40(28)53-7)29-17-30(19-33(18-29)46(4)5)41(50)44-32(25-52-6)16-27-12-9-8-10-13-27/h26-40,48-49H,8-25H2,1-7H3,(H,44,50)(H,45,51)/t26-,28?,29?,30?,31+,32-,33?,34?,35+,36-,37-,38-,39-,40?/m0/s1. The van der Waals surface area contributed by atoms with Crippen LogP contribution in [0.1, 0.15) is 111 Å². The van der Waals surface area contributed by atoms with Gasteiger partial charge in [-0.2, -0.15) is 5.06 Å². The zero-order chi connectivity index (χ0) is 38.7. The Morgan fingerprint density at radius 3 is 2.33 bits per heavy atom. The molecule has 0 aromatic carbocycles. The van der Waals surface area contributed by atoms with Gasteiger partial charge in [-0.3, -0.25) is 14.4 Å². The van der Waals surface area contributed by atoms with Gasteiger partial charge in [0.1, 0.15) is 12.1 Å². The number of aliphatic hydroxyl groups excluding tert-OH is 2. The van der Waals surface area contributed by atoms with Gasteiger partial charge < -0.3 is 35.2 Å². The SMILES string of the molecule is COC[C@H](CC1CCCCC1)NC(=O)C1CC(C2CCCC(CN3O[C@@H](CO)[C@@H](CO)[C@H]3C(=O)N[C@H]3C[C@H]4C[C@@H]([C@@H]3C)C4(C)C)C2OC)CC(N(C)C)C1. The molecule has 0 spiro atoms. The molecule has 2 bridgehead atoms. The maximum Gasteiger partial charge on any atom is 0.240 e. The zero-order valence-electron chi connectivity index (χ0n) is 34.7. The third kappa shape index (κ3) is 9.02. The zero-order valence-corrected chi connectivity index (χ0v) is 34.7. The highest BCUT2D eigenvalue weighted by molar-refractivity contribution is 5.82. The minimum Gasteiger partial charge on any atom is -0.396 e. The fraction of sp³-hybridized carbons (Fsp3) is 0.953. The molecule has 6 unspecified atom stereocenters. The smallest absolute Gasteiger partial charge is 0.240 e. The number of hydroxylamine groups is 2. The van der Waals surface area contributed by atoms with Crippen molar-refractivity contribution in [1.82, 2.24) is 20.6 Å². The highest BCUT2D eigenvalue weighted by Gasteiger charge is 2.57. The number of carbonyl (C=O) groups is 2. The van der Waals surface area contributed by atoms with E-state index in [1.54, 1.807) is 12.2 Å². The van der Waals surface area contributed by atoms with Gasteiger partial charge in [-0.15, -0.1) is 0 Å². The fourth-order valence-corrected chi connectivity index (χ4v) is 12.6. The van der Waals surface area contributed by atoms with E-state index in [0.717, 1.165) is 51.4 Å². The average molecular weight is 761 g/mol.